The van der Waals surface area contributed by atoms with Crippen molar-refractivity contribution in [1.29, 1.82) is 0 Å². The zero-order valence-electron chi connectivity index (χ0n) is 14.8. The monoisotopic (exact) mass is 367 g/mol. The molecule has 2 N–H and O–H groups in total. The van der Waals surface area contributed by atoms with Crippen LogP contribution in [-0.4, -0.2) is 30.8 Å². The van der Waals surface area contributed by atoms with Crippen molar-refractivity contribution in [2.45, 2.75) is 18.9 Å². The second-order valence-corrected chi connectivity index (χ2v) is 6.92. The molecule has 138 valence electrons. The van der Waals surface area contributed by atoms with Gasteiger partial charge in [-0.15, -0.1) is 0 Å². The van der Waals surface area contributed by atoms with Gasteiger partial charge in [0.05, 0.1) is 18.9 Å². The summed E-state index contributed by atoms with van der Waals surface area (Å²) < 4.78 is 31.8. The summed E-state index contributed by atoms with van der Waals surface area (Å²) >= 11 is 0. The number of aromatic nitrogens is 1. The van der Waals surface area contributed by atoms with Crippen LogP contribution in [0.1, 0.15) is 28.9 Å². The highest BCUT2D eigenvalue weighted by molar-refractivity contribution is 5.77. The normalized spacial score (nSPS) is 23.0. The largest absolute Gasteiger partial charge is 0.462 e. The maximum absolute atomic E-state index is 15.0. The Morgan fingerprint density at radius 2 is 2.15 bits per heavy atom. The number of aryl methyl sites for hydroxylation is 1. The molecule has 6 nitrogen and oxygen atoms in total. The lowest BCUT2D eigenvalue weighted by atomic mass is 9.83. The molecule has 1 aromatic carbocycles. The zero-order valence-corrected chi connectivity index (χ0v) is 14.8. The van der Waals surface area contributed by atoms with Gasteiger partial charge in [0.25, 0.3) is 6.02 Å². The van der Waals surface area contributed by atoms with E-state index >= 15 is 4.39 Å². The fourth-order valence-electron chi connectivity index (χ4n) is 3.79. The second kappa shape index (κ2) is 5.79. The number of aliphatic imine (C=N–C) groups is 1. The second-order valence-electron chi connectivity index (χ2n) is 6.92. The molecule has 0 bridgehead atoms. The minimum Gasteiger partial charge on any atom is -0.462 e. The van der Waals surface area contributed by atoms with Gasteiger partial charge in [-0.1, -0.05) is 17.7 Å². The standard InChI is InChI=1S/C20H18FN3O3/c1-11-2-3-16-13(8-11)20(10-26-19(22)24-20)18-17(27-16)14(21)9-15(23-18)12-4-6-25-7-5-12/h2-4,8-9H,5-7,10H2,1H3,(H2,22,24). The molecule has 3 aliphatic rings. The van der Waals surface area contributed by atoms with Crippen molar-refractivity contribution in [1.82, 2.24) is 4.98 Å². The molecular formula is C20H18FN3O3. The number of pyridine rings is 1. The Morgan fingerprint density at radius 1 is 1.26 bits per heavy atom. The Hall–Kier alpha value is -2.93. The fourth-order valence-corrected chi connectivity index (χ4v) is 3.79. The number of hydrogen-bond donors (Lipinski definition) is 1. The lowest BCUT2D eigenvalue weighted by Gasteiger charge is -2.33. The van der Waals surface area contributed by atoms with E-state index in [9.17, 15) is 0 Å². The molecule has 0 radical (unpaired) electrons. The van der Waals surface area contributed by atoms with Crippen LogP contribution in [0.15, 0.2) is 35.3 Å². The number of nitrogens with two attached hydrogens (primary N) is 1. The molecule has 1 spiro atoms. The minimum atomic E-state index is -1.01. The lowest BCUT2D eigenvalue weighted by molar-refractivity contribution is 0.161. The van der Waals surface area contributed by atoms with Gasteiger partial charge in [-0.25, -0.2) is 14.4 Å². The molecule has 27 heavy (non-hydrogen) atoms. The number of amidine groups is 1. The highest BCUT2D eigenvalue weighted by Gasteiger charge is 2.49. The van der Waals surface area contributed by atoms with E-state index in [1.165, 1.54) is 6.07 Å². The van der Waals surface area contributed by atoms with Crippen molar-refractivity contribution in [3.8, 4) is 11.5 Å². The molecule has 0 saturated heterocycles. The van der Waals surface area contributed by atoms with E-state index < -0.39 is 11.4 Å². The molecule has 0 saturated carbocycles. The van der Waals surface area contributed by atoms with E-state index in [0.29, 0.717) is 36.8 Å². The van der Waals surface area contributed by atoms with Gasteiger partial charge in [0.15, 0.2) is 17.1 Å². The van der Waals surface area contributed by atoms with Crippen LogP contribution in [0.3, 0.4) is 0 Å². The number of hydrogen-bond acceptors (Lipinski definition) is 6. The Morgan fingerprint density at radius 3 is 2.89 bits per heavy atom. The summed E-state index contributed by atoms with van der Waals surface area (Å²) in [6.07, 6.45) is 2.60. The summed E-state index contributed by atoms with van der Waals surface area (Å²) in [5, 5.41) is 0. The van der Waals surface area contributed by atoms with E-state index in [1.807, 2.05) is 31.2 Å². The molecule has 1 atom stereocenters. The molecule has 4 heterocycles. The zero-order chi connectivity index (χ0) is 18.6. The Kier molecular flexibility index (Phi) is 3.48. The number of ether oxygens (including phenoxy) is 3. The SMILES string of the molecule is Cc1ccc2c(c1)C1(COC(N)=N1)c1nc(C3=CCOCC3)cc(F)c1O2. The van der Waals surface area contributed by atoms with Crippen molar-refractivity contribution >= 4 is 11.6 Å². The van der Waals surface area contributed by atoms with Crippen molar-refractivity contribution < 1.29 is 18.6 Å². The maximum Gasteiger partial charge on any atom is 0.283 e. The van der Waals surface area contributed by atoms with Gasteiger partial charge < -0.3 is 19.9 Å². The van der Waals surface area contributed by atoms with Crippen LogP contribution in [0.25, 0.3) is 5.57 Å². The Labute approximate surface area is 155 Å². The average molecular weight is 367 g/mol. The van der Waals surface area contributed by atoms with Gasteiger partial charge in [0.1, 0.15) is 18.1 Å². The maximum atomic E-state index is 15.0. The molecule has 2 aromatic rings. The molecule has 0 fully saturated rings. The first-order valence-electron chi connectivity index (χ1n) is 8.82. The first-order valence-corrected chi connectivity index (χ1v) is 8.82. The number of rotatable bonds is 1. The van der Waals surface area contributed by atoms with Crippen molar-refractivity contribution in [2.75, 3.05) is 19.8 Å². The summed E-state index contributed by atoms with van der Waals surface area (Å²) in [4.78, 5) is 9.31. The molecular weight excluding hydrogens is 349 g/mol. The lowest BCUT2D eigenvalue weighted by Crippen LogP contribution is -2.33. The number of nitrogens with zero attached hydrogens (tertiary/aromatic N) is 2. The van der Waals surface area contributed by atoms with Crippen LogP contribution in [0.2, 0.25) is 0 Å². The van der Waals surface area contributed by atoms with Gasteiger partial charge in [-0.05, 0) is 31.1 Å². The number of benzene rings is 1. The smallest absolute Gasteiger partial charge is 0.283 e. The first-order chi connectivity index (χ1) is 13.1. The predicted molar refractivity (Wildman–Crippen MR) is 97.2 cm³/mol. The highest BCUT2D eigenvalue weighted by Crippen LogP contribution is 2.51. The first kappa shape index (κ1) is 16.3. The van der Waals surface area contributed by atoms with Crippen LogP contribution in [0.4, 0.5) is 4.39 Å². The average Bonchev–Trinajstić information content (AvgIpc) is 3.06. The molecule has 1 aromatic heterocycles. The van der Waals surface area contributed by atoms with Crippen LogP contribution in [0, 0.1) is 12.7 Å². The summed E-state index contributed by atoms with van der Waals surface area (Å²) in [5.74, 6) is 0.132. The van der Waals surface area contributed by atoms with Crippen LogP contribution in [0.5, 0.6) is 11.5 Å². The van der Waals surface area contributed by atoms with Crippen molar-refractivity contribution in [3.63, 3.8) is 0 Å². The molecule has 0 aliphatic carbocycles. The van der Waals surface area contributed by atoms with Crippen molar-refractivity contribution in [2.24, 2.45) is 10.7 Å². The van der Waals surface area contributed by atoms with E-state index in [-0.39, 0.29) is 18.4 Å². The Bertz CT molecular complexity index is 1020. The third-order valence-electron chi connectivity index (χ3n) is 5.13. The number of halogens is 1. The summed E-state index contributed by atoms with van der Waals surface area (Å²) in [6.45, 7) is 3.21. The molecule has 5 rings (SSSR count). The molecule has 7 heteroatoms. The summed E-state index contributed by atoms with van der Waals surface area (Å²) in [7, 11) is 0. The van der Waals surface area contributed by atoms with Gasteiger partial charge in [-0.2, -0.15) is 0 Å². The van der Waals surface area contributed by atoms with E-state index in [4.69, 9.17) is 24.9 Å². The fraction of sp³-hybridized carbons (Fsp3) is 0.300. The summed E-state index contributed by atoms with van der Waals surface area (Å²) in [5.41, 5.74) is 8.55. The van der Waals surface area contributed by atoms with Crippen LogP contribution >= 0.6 is 0 Å². The van der Waals surface area contributed by atoms with Crippen LogP contribution < -0.4 is 10.5 Å². The third-order valence-corrected chi connectivity index (χ3v) is 5.13. The highest BCUT2D eigenvalue weighted by atomic mass is 19.1. The predicted octanol–water partition coefficient (Wildman–Crippen LogP) is 3.03. The molecule has 1 unspecified atom stereocenters. The Balaban J connectivity index is 1.76. The number of fused-ring (bicyclic) bond motifs is 4. The molecule has 0 amide bonds. The molecule has 3 aliphatic heterocycles. The van der Waals surface area contributed by atoms with E-state index in [2.05, 4.69) is 4.99 Å². The third kappa shape index (κ3) is 2.42. The van der Waals surface area contributed by atoms with Gasteiger partial charge in [0.2, 0.25) is 0 Å². The van der Waals surface area contributed by atoms with Gasteiger partial charge >= 0.3 is 0 Å². The van der Waals surface area contributed by atoms with E-state index in [0.717, 1.165) is 16.7 Å². The van der Waals surface area contributed by atoms with Gasteiger partial charge in [0, 0.05) is 11.6 Å². The van der Waals surface area contributed by atoms with Gasteiger partial charge in [-0.3, -0.25) is 0 Å². The van der Waals surface area contributed by atoms with Crippen LogP contribution in [-0.2, 0) is 15.0 Å². The minimum absolute atomic E-state index is 0.0631. The quantitative estimate of drug-likeness (QED) is 0.838. The van der Waals surface area contributed by atoms with E-state index in [1.54, 1.807) is 0 Å². The topological polar surface area (TPSA) is 79.0 Å². The summed E-state index contributed by atoms with van der Waals surface area (Å²) in [6, 6.07) is 7.16. The van der Waals surface area contributed by atoms with Crippen molar-refractivity contribution in [3.05, 3.63) is 58.7 Å².